The molecule has 0 bridgehead atoms. The molecular weight excluding hydrogens is 186 g/mol. The summed E-state index contributed by atoms with van der Waals surface area (Å²) in [5.74, 6) is 0. The Kier molecular flexibility index (Phi) is 3.18. The summed E-state index contributed by atoms with van der Waals surface area (Å²) in [6.45, 7) is 2.28. The van der Waals surface area contributed by atoms with Crippen LogP contribution in [0.1, 0.15) is 25.0 Å². The number of rotatable bonds is 2. The second-order valence-corrected chi connectivity index (χ2v) is 3.89. The van der Waals surface area contributed by atoms with Gasteiger partial charge in [0, 0.05) is 13.1 Å². The first-order chi connectivity index (χ1) is 7.40. The molecule has 0 unspecified atom stereocenters. The van der Waals surface area contributed by atoms with Gasteiger partial charge in [-0.15, -0.1) is 0 Å². The lowest BCUT2D eigenvalue weighted by Gasteiger charge is -2.28. The molecule has 2 heterocycles. The fourth-order valence-electron chi connectivity index (χ4n) is 1.94. The Morgan fingerprint density at radius 1 is 1.27 bits per heavy atom. The number of hydrogen-bond acceptors (Lipinski definition) is 3. The van der Waals surface area contributed by atoms with Crippen molar-refractivity contribution in [1.82, 2.24) is 4.98 Å². The third-order valence-electron chi connectivity index (χ3n) is 2.79. The van der Waals surface area contributed by atoms with Crippen LogP contribution in [0.25, 0.3) is 0 Å². The maximum Gasteiger partial charge on any atom is 0.0774 e. The molecule has 0 N–H and O–H groups in total. The maximum absolute atomic E-state index is 8.54. The zero-order valence-corrected chi connectivity index (χ0v) is 8.82. The number of anilines is 1. The smallest absolute Gasteiger partial charge is 0.0774 e. The van der Waals surface area contributed by atoms with Crippen molar-refractivity contribution in [2.24, 2.45) is 0 Å². The van der Waals surface area contributed by atoms with E-state index in [1.165, 1.54) is 24.9 Å². The van der Waals surface area contributed by atoms with Crippen LogP contribution >= 0.6 is 0 Å². The molecule has 1 aromatic rings. The molecule has 0 amide bonds. The van der Waals surface area contributed by atoms with Gasteiger partial charge in [-0.3, -0.25) is 4.98 Å². The lowest BCUT2D eigenvalue weighted by atomic mass is 10.1. The summed E-state index contributed by atoms with van der Waals surface area (Å²) in [5.41, 5.74) is 2.05. The average Bonchev–Trinajstić information content (AvgIpc) is 2.32. The molecule has 2 rings (SSSR count). The Hall–Kier alpha value is -1.56. The Balaban J connectivity index is 2.05. The molecule has 1 aliphatic rings. The van der Waals surface area contributed by atoms with E-state index in [0.717, 1.165) is 18.8 Å². The van der Waals surface area contributed by atoms with Crippen LogP contribution in [0.5, 0.6) is 0 Å². The Morgan fingerprint density at radius 3 is 2.67 bits per heavy atom. The number of piperidine rings is 1. The molecule has 15 heavy (non-hydrogen) atoms. The monoisotopic (exact) mass is 201 g/mol. The van der Waals surface area contributed by atoms with Crippen LogP contribution in [-0.4, -0.2) is 18.1 Å². The van der Waals surface area contributed by atoms with Gasteiger partial charge in [0.15, 0.2) is 0 Å². The highest BCUT2D eigenvalue weighted by atomic mass is 15.1. The maximum atomic E-state index is 8.54. The van der Waals surface area contributed by atoms with E-state index in [-0.39, 0.29) is 0 Å². The molecule has 0 radical (unpaired) electrons. The van der Waals surface area contributed by atoms with Crippen molar-refractivity contribution >= 4 is 5.69 Å². The Morgan fingerprint density at radius 2 is 2.07 bits per heavy atom. The summed E-state index contributed by atoms with van der Waals surface area (Å²) in [4.78, 5) is 6.65. The lowest BCUT2D eigenvalue weighted by Crippen LogP contribution is -2.29. The van der Waals surface area contributed by atoms with E-state index in [1.807, 2.05) is 12.3 Å². The highest BCUT2D eigenvalue weighted by Crippen LogP contribution is 2.18. The molecule has 1 aromatic heterocycles. The molecule has 3 nitrogen and oxygen atoms in total. The van der Waals surface area contributed by atoms with Gasteiger partial charge in [0.05, 0.1) is 30.1 Å². The van der Waals surface area contributed by atoms with Crippen LogP contribution in [0, 0.1) is 11.3 Å². The zero-order chi connectivity index (χ0) is 10.5. The summed E-state index contributed by atoms with van der Waals surface area (Å²) < 4.78 is 0. The quantitative estimate of drug-likeness (QED) is 0.736. The molecule has 1 aliphatic heterocycles. The second kappa shape index (κ2) is 4.79. The van der Waals surface area contributed by atoms with Crippen molar-refractivity contribution in [2.75, 3.05) is 18.0 Å². The largest absolute Gasteiger partial charge is 0.370 e. The minimum absolute atomic E-state index is 0.403. The van der Waals surface area contributed by atoms with E-state index in [2.05, 4.69) is 22.0 Å². The van der Waals surface area contributed by atoms with Crippen LogP contribution in [-0.2, 0) is 6.42 Å². The van der Waals surface area contributed by atoms with Gasteiger partial charge >= 0.3 is 0 Å². The lowest BCUT2D eigenvalue weighted by molar-refractivity contribution is 0.577. The van der Waals surface area contributed by atoms with E-state index < -0.39 is 0 Å². The normalized spacial score (nSPS) is 16.1. The Labute approximate surface area is 90.4 Å². The van der Waals surface area contributed by atoms with Crippen molar-refractivity contribution in [3.05, 3.63) is 24.0 Å². The molecule has 78 valence electrons. The van der Waals surface area contributed by atoms with E-state index in [9.17, 15) is 0 Å². The van der Waals surface area contributed by atoms with Crippen LogP contribution in [0.4, 0.5) is 5.69 Å². The zero-order valence-electron chi connectivity index (χ0n) is 8.82. The van der Waals surface area contributed by atoms with Gasteiger partial charge in [-0.2, -0.15) is 5.26 Å². The predicted octanol–water partition coefficient (Wildman–Crippen LogP) is 2.14. The van der Waals surface area contributed by atoms with Gasteiger partial charge in [0.2, 0.25) is 0 Å². The first-order valence-corrected chi connectivity index (χ1v) is 5.47. The van der Waals surface area contributed by atoms with Crippen LogP contribution in [0.15, 0.2) is 18.3 Å². The van der Waals surface area contributed by atoms with Gasteiger partial charge in [-0.05, 0) is 31.4 Å². The van der Waals surface area contributed by atoms with Crippen LogP contribution in [0.3, 0.4) is 0 Å². The van der Waals surface area contributed by atoms with Gasteiger partial charge in [0.1, 0.15) is 0 Å². The molecule has 1 saturated heterocycles. The summed E-state index contributed by atoms with van der Waals surface area (Å²) in [6.07, 6.45) is 6.19. The highest BCUT2D eigenvalue weighted by molar-refractivity contribution is 5.44. The van der Waals surface area contributed by atoms with E-state index in [0.29, 0.717) is 6.42 Å². The fourth-order valence-corrected chi connectivity index (χ4v) is 1.94. The van der Waals surface area contributed by atoms with Crippen molar-refractivity contribution in [3.63, 3.8) is 0 Å². The van der Waals surface area contributed by atoms with Crippen molar-refractivity contribution in [2.45, 2.75) is 25.7 Å². The van der Waals surface area contributed by atoms with Crippen LogP contribution < -0.4 is 4.90 Å². The first kappa shape index (κ1) is 9.97. The van der Waals surface area contributed by atoms with E-state index >= 15 is 0 Å². The number of hydrogen-bond donors (Lipinski definition) is 0. The number of nitriles is 1. The summed E-state index contributed by atoms with van der Waals surface area (Å²) >= 11 is 0. The summed E-state index contributed by atoms with van der Waals surface area (Å²) in [6, 6.07) is 6.13. The molecular formula is C12H15N3. The molecule has 1 fully saturated rings. The highest BCUT2D eigenvalue weighted by Gasteiger charge is 2.10. The third-order valence-corrected chi connectivity index (χ3v) is 2.79. The van der Waals surface area contributed by atoms with Gasteiger partial charge < -0.3 is 4.90 Å². The molecule has 0 aliphatic carbocycles. The first-order valence-electron chi connectivity index (χ1n) is 5.47. The Bertz CT molecular complexity index is 344. The fraction of sp³-hybridized carbons (Fsp3) is 0.500. The minimum atomic E-state index is 0.403. The van der Waals surface area contributed by atoms with Crippen LogP contribution in [0.2, 0.25) is 0 Å². The minimum Gasteiger partial charge on any atom is -0.370 e. The van der Waals surface area contributed by atoms with Gasteiger partial charge in [0.25, 0.3) is 0 Å². The molecule has 0 aromatic carbocycles. The number of nitrogens with zero attached hydrogens (tertiary/aromatic N) is 3. The number of aromatic nitrogens is 1. The molecule has 3 heteroatoms. The van der Waals surface area contributed by atoms with Gasteiger partial charge in [-0.25, -0.2) is 0 Å². The van der Waals surface area contributed by atoms with Crippen molar-refractivity contribution in [3.8, 4) is 6.07 Å². The predicted molar refractivity (Wildman–Crippen MR) is 59.6 cm³/mol. The molecule has 0 saturated carbocycles. The summed E-state index contributed by atoms with van der Waals surface area (Å²) in [7, 11) is 0. The third kappa shape index (κ3) is 2.47. The molecule has 0 spiro atoms. The van der Waals surface area contributed by atoms with E-state index in [4.69, 9.17) is 5.26 Å². The second-order valence-electron chi connectivity index (χ2n) is 3.89. The van der Waals surface area contributed by atoms with E-state index in [1.54, 1.807) is 0 Å². The van der Waals surface area contributed by atoms with Gasteiger partial charge in [-0.1, -0.05) is 0 Å². The topological polar surface area (TPSA) is 39.9 Å². The van der Waals surface area contributed by atoms with Crippen molar-refractivity contribution < 1.29 is 0 Å². The number of pyridine rings is 1. The molecule has 0 atom stereocenters. The van der Waals surface area contributed by atoms with Crippen molar-refractivity contribution in [1.29, 1.82) is 5.26 Å². The average molecular weight is 201 g/mol. The standard InChI is InChI=1S/C12H15N3/c13-7-6-11-4-5-12(10-14-11)15-8-2-1-3-9-15/h4-5,10H,1-3,6,8-9H2. The summed E-state index contributed by atoms with van der Waals surface area (Å²) in [5, 5.41) is 8.54. The SMILES string of the molecule is N#CCc1ccc(N2CCCCC2)cn1.